The van der Waals surface area contributed by atoms with E-state index in [0.29, 0.717) is 13.2 Å². The van der Waals surface area contributed by atoms with Crippen molar-refractivity contribution in [3.8, 4) is 11.5 Å². The summed E-state index contributed by atoms with van der Waals surface area (Å²) < 4.78 is 11.2. The van der Waals surface area contributed by atoms with Crippen LogP contribution < -0.4 is 20.1 Å². The van der Waals surface area contributed by atoms with Gasteiger partial charge in [-0.3, -0.25) is 0 Å². The second-order valence-electron chi connectivity index (χ2n) is 5.03. The summed E-state index contributed by atoms with van der Waals surface area (Å²) in [4.78, 5) is 2.05. The van der Waals surface area contributed by atoms with Crippen LogP contribution in [0.4, 0.5) is 5.69 Å². The molecule has 21 heavy (non-hydrogen) atoms. The molecule has 0 bridgehead atoms. The summed E-state index contributed by atoms with van der Waals surface area (Å²) in [5.41, 5.74) is 8.84. The average molecular weight is 286 g/mol. The summed E-state index contributed by atoms with van der Waals surface area (Å²) in [5, 5.41) is 0. The van der Waals surface area contributed by atoms with Gasteiger partial charge in [0.15, 0.2) is 0 Å². The van der Waals surface area contributed by atoms with E-state index in [1.807, 2.05) is 61.5 Å². The van der Waals surface area contributed by atoms with Gasteiger partial charge in [-0.05, 0) is 23.8 Å². The van der Waals surface area contributed by atoms with E-state index in [-0.39, 0.29) is 0 Å². The molecule has 2 N–H and O–H groups in total. The number of hydrogen-bond donors (Lipinski definition) is 1. The maximum Gasteiger partial charge on any atom is 0.123 e. The van der Waals surface area contributed by atoms with Crippen molar-refractivity contribution in [3.05, 3.63) is 53.6 Å². The van der Waals surface area contributed by atoms with Crippen molar-refractivity contribution in [3.63, 3.8) is 0 Å². The Morgan fingerprint density at radius 1 is 1.10 bits per heavy atom. The van der Waals surface area contributed by atoms with Gasteiger partial charge >= 0.3 is 0 Å². The van der Waals surface area contributed by atoms with Crippen LogP contribution in [0.25, 0.3) is 0 Å². The number of rotatable bonds is 6. The number of hydrogen-bond acceptors (Lipinski definition) is 4. The van der Waals surface area contributed by atoms with Crippen LogP contribution in [0.15, 0.2) is 42.5 Å². The lowest BCUT2D eigenvalue weighted by Crippen LogP contribution is -2.08. The minimum atomic E-state index is 0.467. The van der Waals surface area contributed by atoms with Crippen LogP contribution in [-0.4, -0.2) is 21.2 Å². The molecule has 0 amide bonds. The first-order chi connectivity index (χ1) is 10.1. The van der Waals surface area contributed by atoms with E-state index in [4.69, 9.17) is 15.2 Å². The second-order valence-corrected chi connectivity index (χ2v) is 5.03. The molecule has 0 aliphatic carbocycles. The van der Waals surface area contributed by atoms with E-state index in [0.717, 1.165) is 28.3 Å². The zero-order chi connectivity index (χ0) is 15.2. The fourth-order valence-corrected chi connectivity index (χ4v) is 2.07. The van der Waals surface area contributed by atoms with Crippen LogP contribution in [0.3, 0.4) is 0 Å². The Morgan fingerprint density at radius 2 is 1.90 bits per heavy atom. The molecule has 0 radical (unpaired) electrons. The molecule has 0 atom stereocenters. The summed E-state index contributed by atoms with van der Waals surface area (Å²) in [7, 11) is 5.67. The van der Waals surface area contributed by atoms with Gasteiger partial charge in [-0.25, -0.2) is 0 Å². The maximum atomic E-state index is 5.84. The minimum absolute atomic E-state index is 0.467. The van der Waals surface area contributed by atoms with Crippen molar-refractivity contribution in [2.24, 2.45) is 5.73 Å². The van der Waals surface area contributed by atoms with Crippen LogP contribution in [0, 0.1) is 0 Å². The largest absolute Gasteiger partial charge is 0.496 e. The van der Waals surface area contributed by atoms with Crippen molar-refractivity contribution >= 4 is 5.69 Å². The minimum Gasteiger partial charge on any atom is -0.496 e. The molecular formula is C17H22N2O2. The van der Waals surface area contributed by atoms with Gasteiger partial charge < -0.3 is 20.1 Å². The van der Waals surface area contributed by atoms with Crippen molar-refractivity contribution in [1.29, 1.82) is 0 Å². The first-order valence-electron chi connectivity index (χ1n) is 6.90. The molecule has 112 valence electrons. The molecule has 4 heteroatoms. The molecule has 2 rings (SSSR count). The van der Waals surface area contributed by atoms with Crippen LogP contribution >= 0.6 is 0 Å². The van der Waals surface area contributed by atoms with Gasteiger partial charge in [0.25, 0.3) is 0 Å². The number of benzene rings is 2. The quantitative estimate of drug-likeness (QED) is 0.887. The Hall–Kier alpha value is -2.20. The third kappa shape index (κ3) is 3.89. The number of anilines is 1. The Kier molecular flexibility index (Phi) is 5.06. The van der Waals surface area contributed by atoms with E-state index in [9.17, 15) is 0 Å². The van der Waals surface area contributed by atoms with Gasteiger partial charge in [0.1, 0.15) is 18.1 Å². The smallest absolute Gasteiger partial charge is 0.123 e. The van der Waals surface area contributed by atoms with Crippen LogP contribution in [0.5, 0.6) is 11.5 Å². The van der Waals surface area contributed by atoms with Crippen molar-refractivity contribution in [1.82, 2.24) is 0 Å². The number of nitrogens with two attached hydrogens (primary N) is 1. The Labute approximate surface area is 126 Å². The lowest BCUT2D eigenvalue weighted by molar-refractivity contribution is 0.305. The Bertz CT molecular complexity index is 597. The Morgan fingerprint density at radius 3 is 2.57 bits per heavy atom. The van der Waals surface area contributed by atoms with Crippen molar-refractivity contribution < 1.29 is 9.47 Å². The summed E-state index contributed by atoms with van der Waals surface area (Å²) >= 11 is 0. The molecule has 0 aliphatic rings. The second kappa shape index (κ2) is 6.99. The van der Waals surface area contributed by atoms with Gasteiger partial charge in [0, 0.05) is 38.0 Å². The molecule has 0 spiro atoms. The Balaban J connectivity index is 2.07. The fourth-order valence-electron chi connectivity index (χ4n) is 2.07. The lowest BCUT2D eigenvalue weighted by atomic mass is 10.1. The van der Waals surface area contributed by atoms with Crippen LogP contribution in [0.2, 0.25) is 0 Å². The normalized spacial score (nSPS) is 10.3. The molecule has 0 saturated heterocycles. The molecule has 2 aromatic rings. The van der Waals surface area contributed by atoms with E-state index >= 15 is 0 Å². The zero-order valence-electron chi connectivity index (χ0n) is 12.8. The van der Waals surface area contributed by atoms with E-state index in [1.165, 1.54) is 0 Å². The lowest BCUT2D eigenvalue weighted by Gasteiger charge is -2.14. The third-order valence-electron chi connectivity index (χ3n) is 3.31. The van der Waals surface area contributed by atoms with Gasteiger partial charge in [-0.1, -0.05) is 18.2 Å². The molecule has 0 aromatic heterocycles. The van der Waals surface area contributed by atoms with Gasteiger partial charge in [-0.15, -0.1) is 0 Å². The highest BCUT2D eigenvalue weighted by Gasteiger charge is 2.04. The van der Waals surface area contributed by atoms with E-state index in [1.54, 1.807) is 7.11 Å². The molecule has 0 fully saturated rings. The highest BCUT2D eigenvalue weighted by molar-refractivity contribution is 5.49. The summed E-state index contributed by atoms with van der Waals surface area (Å²) in [5.74, 6) is 1.66. The standard InChI is InChI=1S/C17H22N2O2/c1-19(2)15-5-4-6-16(10-15)21-12-13-7-8-14(11-18)17(9-13)20-3/h4-10H,11-12,18H2,1-3H3. The average Bonchev–Trinajstić information content (AvgIpc) is 2.52. The van der Waals surface area contributed by atoms with Gasteiger partial charge in [0.2, 0.25) is 0 Å². The number of nitrogens with zero attached hydrogens (tertiary/aromatic N) is 1. The predicted octanol–water partition coefficient (Wildman–Crippen LogP) is 2.80. The first-order valence-corrected chi connectivity index (χ1v) is 6.90. The summed E-state index contributed by atoms with van der Waals surface area (Å²) in [6, 6.07) is 14.0. The maximum absolute atomic E-state index is 5.84. The van der Waals surface area contributed by atoms with Gasteiger partial charge in [0.05, 0.1) is 7.11 Å². The number of ether oxygens (including phenoxy) is 2. The summed E-state index contributed by atoms with van der Waals surface area (Å²) in [6.45, 7) is 0.966. The fraction of sp³-hybridized carbons (Fsp3) is 0.294. The van der Waals surface area contributed by atoms with E-state index < -0.39 is 0 Å². The molecule has 0 unspecified atom stereocenters. The van der Waals surface area contributed by atoms with Crippen LogP contribution in [0.1, 0.15) is 11.1 Å². The third-order valence-corrected chi connectivity index (χ3v) is 3.31. The zero-order valence-corrected chi connectivity index (χ0v) is 12.8. The molecule has 4 nitrogen and oxygen atoms in total. The molecule has 2 aromatic carbocycles. The topological polar surface area (TPSA) is 47.7 Å². The summed E-state index contributed by atoms with van der Waals surface area (Å²) in [6.07, 6.45) is 0. The predicted molar refractivity (Wildman–Crippen MR) is 86.0 cm³/mol. The first kappa shape index (κ1) is 15.2. The highest BCUT2D eigenvalue weighted by Crippen LogP contribution is 2.23. The van der Waals surface area contributed by atoms with Crippen LogP contribution in [-0.2, 0) is 13.2 Å². The SMILES string of the molecule is COc1cc(COc2cccc(N(C)C)c2)ccc1CN. The van der Waals surface area contributed by atoms with Crippen molar-refractivity contribution in [2.75, 3.05) is 26.1 Å². The van der Waals surface area contributed by atoms with E-state index in [2.05, 4.69) is 0 Å². The molecule has 0 saturated carbocycles. The monoisotopic (exact) mass is 286 g/mol. The van der Waals surface area contributed by atoms with Gasteiger partial charge in [-0.2, -0.15) is 0 Å². The van der Waals surface area contributed by atoms with Crippen molar-refractivity contribution in [2.45, 2.75) is 13.2 Å². The highest BCUT2D eigenvalue weighted by atomic mass is 16.5. The number of methoxy groups -OCH3 is 1. The molecular weight excluding hydrogens is 264 g/mol. The molecule has 0 aliphatic heterocycles. The molecule has 0 heterocycles.